The Morgan fingerprint density at radius 1 is 1.39 bits per heavy atom. The Labute approximate surface area is 108 Å². The maximum Gasteiger partial charge on any atom is 0.130 e. The number of hydrogen-bond acceptors (Lipinski definition) is 3. The predicted molar refractivity (Wildman–Crippen MR) is 72.3 cm³/mol. The minimum atomic E-state index is -0.362. The summed E-state index contributed by atoms with van der Waals surface area (Å²) in [5.41, 5.74) is 1.96. The molecular formula is C15H19N3. The molecule has 1 aromatic rings. The highest BCUT2D eigenvalue weighted by Crippen LogP contribution is 2.38. The van der Waals surface area contributed by atoms with Crippen LogP contribution in [0, 0.1) is 24.2 Å². The number of anilines is 1. The van der Waals surface area contributed by atoms with Gasteiger partial charge in [0, 0.05) is 24.7 Å². The number of fused-ring (bicyclic) bond motifs is 2. The lowest BCUT2D eigenvalue weighted by atomic mass is 9.79. The average molecular weight is 241 g/mol. The van der Waals surface area contributed by atoms with Crippen molar-refractivity contribution in [3.05, 3.63) is 29.8 Å². The number of rotatable bonds is 2. The van der Waals surface area contributed by atoms with Gasteiger partial charge in [-0.05, 0) is 37.9 Å². The Balaban J connectivity index is 1.89. The molecule has 2 bridgehead atoms. The molecule has 0 radical (unpaired) electrons. The summed E-state index contributed by atoms with van der Waals surface area (Å²) in [6.07, 6.45) is 2.08. The van der Waals surface area contributed by atoms with Crippen LogP contribution in [0.5, 0.6) is 0 Å². The Morgan fingerprint density at radius 3 is 3.00 bits per heavy atom. The molecule has 3 atom stereocenters. The fourth-order valence-electron chi connectivity index (χ4n) is 3.27. The number of nitrogens with one attached hydrogen (secondary N) is 1. The average Bonchev–Trinajstić information content (AvgIpc) is 2.80. The van der Waals surface area contributed by atoms with Gasteiger partial charge in [-0.25, -0.2) is 0 Å². The van der Waals surface area contributed by atoms with Crippen LogP contribution in [0.25, 0.3) is 0 Å². The van der Waals surface area contributed by atoms with Crippen LogP contribution >= 0.6 is 0 Å². The van der Waals surface area contributed by atoms with Crippen LogP contribution in [0.3, 0.4) is 0 Å². The molecular weight excluding hydrogens is 222 g/mol. The molecule has 3 unspecified atom stereocenters. The highest BCUT2D eigenvalue weighted by Gasteiger charge is 2.46. The number of para-hydroxylation sites is 1. The monoisotopic (exact) mass is 241 g/mol. The first kappa shape index (κ1) is 11.6. The number of benzene rings is 1. The van der Waals surface area contributed by atoms with Crippen LogP contribution in [0.1, 0.15) is 18.4 Å². The van der Waals surface area contributed by atoms with Crippen molar-refractivity contribution in [2.45, 2.75) is 25.3 Å². The van der Waals surface area contributed by atoms with Crippen LogP contribution in [0.15, 0.2) is 24.3 Å². The van der Waals surface area contributed by atoms with Crippen molar-refractivity contribution < 1.29 is 0 Å². The van der Waals surface area contributed by atoms with Gasteiger partial charge in [0.25, 0.3) is 0 Å². The minimum Gasteiger partial charge on any atom is -0.367 e. The first-order valence-corrected chi connectivity index (χ1v) is 6.71. The fraction of sp³-hybridized carbons (Fsp3) is 0.533. The molecule has 2 heterocycles. The van der Waals surface area contributed by atoms with E-state index in [9.17, 15) is 5.26 Å². The van der Waals surface area contributed by atoms with Gasteiger partial charge in [-0.15, -0.1) is 0 Å². The number of piperidine rings is 1. The number of nitrogens with zero attached hydrogens (tertiary/aromatic N) is 2. The third-order valence-corrected chi connectivity index (χ3v) is 4.49. The summed E-state index contributed by atoms with van der Waals surface area (Å²) in [6, 6.07) is 10.8. The quantitative estimate of drug-likeness (QED) is 0.864. The van der Waals surface area contributed by atoms with Crippen molar-refractivity contribution in [3.63, 3.8) is 0 Å². The van der Waals surface area contributed by atoms with Crippen LogP contribution in [-0.4, -0.2) is 30.1 Å². The lowest BCUT2D eigenvalue weighted by molar-refractivity contribution is 0.221. The molecule has 1 aromatic carbocycles. The summed E-state index contributed by atoms with van der Waals surface area (Å²) in [5.74, 6) is 0.468. The fourth-order valence-corrected chi connectivity index (χ4v) is 3.27. The molecule has 94 valence electrons. The topological polar surface area (TPSA) is 39.1 Å². The molecule has 0 spiro atoms. The zero-order valence-electron chi connectivity index (χ0n) is 10.8. The molecule has 2 aliphatic heterocycles. The van der Waals surface area contributed by atoms with Crippen molar-refractivity contribution in [1.82, 2.24) is 4.90 Å². The number of hydrogen-bond donors (Lipinski definition) is 1. The van der Waals surface area contributed by atoms with E-state index in [-0.39, 0.29) is 5.54 Å². The number of nitriles is 1. The number of aryl methyl sites for hydroxylation is 1. The van der Waals surface area contributed by atoms with Gasteiger partial charge in [-0.2, -0.15) is 5.26 Å². The van der Waals surface area contributed by atoms with Gasteiger partial charge >= 0.3 is 0 Å². The van der Waals surface area contributed by atoms with E-state index < -0.39 is 0 Å². The lowest BCUT2D eigenvalue weighted by Gasteiger charge is -2.39. The zero-order valence-corrected chi connectivity index (χ0v) is 10.8. The second kappa shape index (κ2) is 4.29. The summed E-state index contributed by atoms with van der Waals surface area (Å²) in [4.78, 5) is 2.47. The standard InChI is InChI=1S/C15H19N3/c1-12-4-2-3-5-14(12)17-15(11-16)7-9-18-8-6-13(15)10-18/h2-5,13,17H,6-10H2,1H3. The summed E-state index contributed by atoms with van der Waals surface area (Å²) >= 11 is 0. The van der Waals surface area contributed by atoms with E-state index in [1.165, 1.54) is 5.56 Å². The van der Waals surface area contributed by atoms with Crippen molar-refractivity contribution in [2.24, 2.45) is 5.92 Å². The van der Waals surface area contributed by atoms with Crippen LogP contribution < -0.4 is 5.32 Å². The van der Waals surface area contributed by atoms with Crippen LogP contribution in [0.2, 0.25) is 0 Å². The molecule has 1 N–H and O–H groups in total. The Morgan fingerprint density at radius 2 is 2.22 bits per heavy atom. The van der Waals surface area contributed by atoms with E-state index in [1.54, 1.807) is 0 Å². The van der Waals surface area contributed by atoms with E-state index in [1.807, 2.05) is 12.1 Å². The summed E-state index contributed by atoms with van der Waals surface area (Å²) < 4.78 is 0. The minimum absolute atomic E-state index is 0.362. The van der Waals surface area contributed by atoms with E-state index in [2.05, 4.69) is 35.3 Å². The van der Waals surface area contributed by atoms with Gasteiger partial charge in [-0.1, -0.05) is 18.2 Å². The molecule has 3 heteroatoms. The second-order valence-corrected chi connectivity index (χ2v) is 5.56. The van der Waals surface area contributed by atoms with E-state index in [4.69, 9.17) is 0 Å². The van der Waals surface area contributed by atoms with Gasteiger partial charge in [-0.3, -0.25) is 0 Å². The summed E-state index contributed by atoms with van der Waals surface area (Å²) in [5, 5.41) is 13.2. The first-order chi connectivity index (χ1) is 8.73. The van der Waals surface area contributed by atoms with Crippen molar-refractivity contribution in [1.29, 1.82) is 5.26 Å². The largest absolute Gasteiger partial charge is 0.367 e. The van der Waals surface area contributed by atoms with Crippen molar-refractivity contribution in [3.8, 4) is 6.07 Å². The third-order valence-electron chi connectivity index (χ3n) is 4.49. The molecule has 2 fully saturated rings. The summed E-state index contributed by atoms with van der Waals surface area (Å²) in [7, 11) is 0. The zero-order chi connectivity index (χ0) is 12.6. The normalized spacial score (nSPS) is 34.0. The van der Waals surface area contributed by atoms with Gasteiger partial charge in [0.2, 0.25) is 0 Å². The SMILES string of the molecule is Cc1ccccc1NC1(C#N)CCN2CCC1C2. The molecule has 0 saturated carbocycles. The van der Waals surface area contributed by atoms with Crippen molar-refractivity contribution >= 4 is 5.69 Å². The molecule has 18 heavy (non-hydrogen) atoms. The predicted octanol–water partition coefficient (Wildman–Crippen LogP) is 2.39. The molecule has 0 aliphatic carbocycles. The highest BCUT2D eigenvalue weighted by atomic mass is 15.2. The lowest BCUT2D eigenvalue weighted by Crippen LogP contribution is -2.51. The third kappa shape index (κ3) is 1.77. The highest BCUT2D eigenvalue weighted by molar-refractivity contribution is 5.54. The summed E-state index contributed by atoms with van der Waals surface area (Å²) in [6.45, 7) is 5.37. The molecule has 0 aromatic heterocycles. The van der Waals surface area contributed by atoms with Crippen LogP contribution in [0.4, 0.5) is 5.69 Å². The molecule has 3 rings (SSSR count). The van der Waals surface area contributed by atoms with E-state index in [0.717, 1.165) is 38.2 Å². The van der Waals surface area contributed by atoms with Crippen LogP contribution in [-0.2, 0) is 0 Å². The van der Waals surface area contributed by atoms with E-state index >= 15 is 0 Å². The Bertz CT molecular complexity index is 491. The molecule has 2 aliphatic rings. The maximum absolute atomic E-state index is 9.68. The van der Waals surface area contributed by atoms with Gasteiger partial charge < -0.3 is 10.2 Å². The van der Waals surface area contributed by atoms with Gasteiger partial charge in [0.15, 0.2) is 0 Å². The first-order valence-electron chi connectivity index (χ1n) is 6.71. The molecule has 2 saturated heterocycles. The smallest absolute Gasteiger partial charge is 0.130 e. The second-order valence-electron chi connectivity index (χ2n) is 5.56. The van der Waals surface area contributed by atoms with Gasteiger partial charge in [0.1, 0.15) is 5.54 Å². The Hall–Kier alpha value is -1.53. The van der Waals surface area contributed by atoms with Crippen molar-refractivity contribution in [2.75, 3.05) is 25.0 Å². The Kier molecular flexibility index (Phi) is 2.76. The van der Waals surface area contributed by atoms with E-state index in [0.29, 0.717) is 5.92 Å². The molecule has 0 amide bonds. The maximum atomic E-state index is 9.68. The molecule has 3 nitrogen and oxygen atoms in total. The van der Waals surface area contributed by atoms with Gasteiger partial charge in [0.05, 0.1) is 6.07 Å².